The standard InChI is InChI=1S/C13H14Cl2N2O3/c14-9-2-1-8(5-10(9)15)12(18)6-17-3-4-20-7-11(17)13(16)19/h1-2,5,11H,3-4,6-7H2,(H2,16,19). The molecule has 0 aromatic heterocycles. The lowest BCUT2D eigenvalue weighted by molar-refractivity contribution is -0.128. The second kappa shape index (κ2) is 6.54. The summed E-state index contributed by atoms with van der Waals surface area (Å²) in [5, 5.41) is 0.718. The van der Waals surface area contributed by atoms with E-state index >= 15 is 0 Å². The number of Topliss-reactive ketones (excluding diaryl/α,β-unsaturated/α-hetero) is 1. The molecule has 0 radical (unpaired) electrons. The number of morpholine rings is 1. The molecule has 0 saturated carbocycles. The summed E-state index contributed by atoms with van der Waals surface area (Å²) >= 11 is 11.7. The summed E-state index contributed by atoms with van der Waals surface area (Å²) in [6.45, 7) is 1.26. The maximum Gasteiger partial charge on any atom is 0.237 e. The van der Waals surface area contributed by atoms with Gasteiger partial charge in [-0.25, -0.2) is 0 Å². The lowest BCUT2D eigenvalue weighted by Crippen LogP contribution is -2.53. The predicted molar refractivity (Wildman–Crippen MR) is 76.2 cm³/mol. The predicted octanol–water partition coefficient (Wildman–Crippen LogP) is 1.36. The molecule has 1 fully saturated rings. The van der Waals surface area contributed by atoms with E-state index in [1.807, 2.05) is 0 Å². The summed E-state index contributed by atoms with van der Waals surface area (Å²) in [5.41, 5.74) is 5.76. The van der Waals surface area contributed by atoms with Gasteiger partial charge in [0.2, 0.25) is 5.91 Å². The van der Waals surface area contributed by atoms with Crippen molar-refractivity contribution in [3.63, 3.8) is 0 Å². The molecule has 1 atom stereocenters. The van der Waals surface area contributed by atoms with Gasteiger partial charge in [-0.2, -0.15) is 0 Å². The first-order valence-electron chi connectivity index (χ1n) is 6.08. The summed E-state index contributed by atoms with van der Waals surface area (Å²) in [5.74, 6) is -0.636. The van der Waals surface area contributed by atoms with Crippen LogP contribution in [0.3, 0.4) is 0 Å². The molecule has 7 heteroatoms. The molecule has 2 N–H and O–H groups in total. The number of nitrogens with zero attached hydrogens (tertiary/aromatic N) is 1. The Morgan fingerprint density at radius 3 is 2.75 bits per heavy atom. The maximum absolute atomic E-state index is 12.2. The Bertz CT molecular complexity index is 536. The van der Waals surface area contributed by atoms with Crippen LogP contribution in [0.2, 0.25) is 10.0 Å². The first-order chi connectivity index (χ1) is 9.49. The maximum atomic E-state index is 12.2. The lowest BCUT2D eigenvalue weighted by atomic mass is 10.1. The molecule has 0 aliphatic carbocycles. The summed E-state index contributed by atoms with van der Waals surface area (Å²) in [6, 6.07) is 4.12. The average Bonchev–Trinajstić information content (AvgIpc) is 2.42. The largest absolute Gasteiger partial charge is 0.378 e. The molecule has 1 unspecified atom stereocenters. The number of hydrogen-bond acceptors (Lipinski definition) is 4. The van der Waals surface area contributed by atoms with E-state index in [0.29, 0.717) is 28.8 Å². The zero-order valence-electron chi connectivity index (χ0n) is 10.6. The zero-order chi connectivity index (χ0) is 14.7. The van der Waals surface area contributed by atoms with E-state index in [2.05, 4.69) is 0 Å². The zero-order valence-corrected chi connectivity index (χ0v) is 12.2. The monoisotopic (exact) mass is 316 g/mol. The van der Waals surface area contributed by atoms with E-state index in [1.165, 1.54) is 6.07 Å². The van der Waals surface area contributed by atoms with Gasteiger partial charge in [0.1, 0.15) is 6.04 Å². The summed E-state index contributed by atoms with van der Waals surface area (Å²) in [6.07, 6.45) is 0. The number of carbonyl (C=O) groups is 2. The summed E-state index contributed by atoms with van der Waals surface area (Å²) < 4.78 is 5.20. The number of ketones is 1. The number of hydrogen-bond donors (Lipinski definition) is 1. The molecule has 0 bridgehead atoms. The van der Waals surface area contributed by atoms with Crippen molar-refractivity contribution in [1.29, 1.82) is 0 Å². The number of rotatable bonds is 4. The minimum atomic E-state index is -0.574. The van der Waals surface area contributed by atoms with Crippen LogP contribution in [0.1, 0.15) is 10.4 Å². The Balaban J connectivity index is 2.09. The Labute approximate surface area is 126 Å². The van der Waals surface area contributed by atoms with Gasteiger partial charge in [0.15, 0.2) is 5.78 Å². The van der Waals surface area contributed by atoms with E-state index in [4.69, 9.17) is 33.7 Å². The fourth-order valence-corrected chi connectivity index (χ4v) is 2.33. The minimum absolute atomic E-state index is 0.0922. The van der Waals surface area contributed by atoms with E-state index in [1.54, 1.807) is 17.0 Å². The SMILES string of the molecule is NC(=O)C1COCCN1CC(=O)c1ccc(Cl)c(Cl)c1. The van der Waals surface area contributed by atoms with Crippen molar-refractivity contribution >= 4 is 34.9 Å². The first-order valence-corrected chi connectivity index (χ1v) is 6.84. The molecule has 1 heterocycles. The Hall–Kier alpha value is -1.14. The highest BCUT2D eigenvalue weighted by molar-refractivity contribution is 6.42. The molecular weight excluding hydrogens is 303 g/mol. The van der Waals surface area contributed by atoms with Crippen LogP contribution in [-0.2, 0) is 9.53 Å². The Morgan fingerprint density at radius 2 is 2.10 bits per heavy atom. The van der Waals surface area contributed by atoms with Gasteiger partial charge in [-0.3, -0.25) is 14.5 Å². The van der Waals surface area contributed by atoms with Gasteiger partial charge >= 0.3 is 0 Å². The van der Waals surface area contributed by atoms with E-state index in [9.17, 15) is 9.59 Å². The van der Waals surface area contributed by atoms with Crippen LogP contribution in [-0.4, -0.2) is 48.9 Å². The molecule has 0 spiro atoms. The van der Waals surface area contributed by atoms with Crippen LogP contribution in [0.15, 0.2) is 18.2 Å². The average molecular weight is 317 g/mol. The third-order valence-corrected chi connectivity index (χ3v) is 3.90. The number of amides is 1. The van der Waals surface area contributed by atoms with Gasteiger partial charge < -0.3 is 10.5 Å². The second-order valence-corrected chi connectivity index (χ2v) is 5.33. The molecule has 1 amide bonds. The minimum Gasteiger partial charge on any atom is -0.378 e. The number of carbonyl (C=O) groups excluding carboxylic acids is 2. The van der Waals surface area contributed by atoms with Gasteiger partial charge in [-0.1, -0.05) is 23.2 Å². The second-order valence-electron chi connectivity index (χ2n) is 4.52. The third-order valence-electron chi connectivity index (χ3n) is 3.16. The molecule has 5 nitrogen and oxygen atoms in total. The topological polar surface area (TPSA) is 72.6 Å². The number of ether oxygens (including phenoxy) is 1. The molecule has 2 rings (SSSR count). The van der Waals surface area contributed by atoms with E-state index in [0.717, 1.165) is 0 Å². The summed E-state index contributed by atoms with van der Waals surface area (Å²) in [7, 11) is 0. The first kappa shape index (κ1) is 15.3. The van der Waals surface area contributed by atoms with Crippen LogP contribution >= 0.6 is 23.2 Å². The summed E-state index contributed by atoms with van der Waals surface area (Å²) in [4.78, 5) is 25.3. The van der Waals surface area contributed by atoms with Crippen LogP contribution < -0.4 is 5.73 Å². The van der Waals surface area contributed by atoms with Crippen molar-refractivity contribution in [3.8, 4) is 0 Å². The van der Waals surface area contributed by atoms with E-state index in [-0.39, 0.29) is 18.9 Å². The molecule has 1 aromatic carbocycles. The Morgan fingerprint density at radius 1 is 1.35 bits per heavy atom. The molecule has 1 saturated heterocycles. The van der Waals surface area contributed by atoms with Crippen molar-refractivity contribution in [2.45, 2.75) is 6.04 Å². The number of halogens is 2. The van der Waals surface area contributed by atoms with Gasteiger partial charge in [-0.05, 0) is 18.2 Å². The van der Waals surface area contributed by atoms with Gasteiger partial charge in [0.25, 0.3) is 0 Å². The quantitative estimate of drug-likeness (QED) is 0.851. The fourth-order valence-electron chi connectivity index (χ4n) is 2.03. The van der Waals surface area contributed by atoms with Crippen molar-refractivity contribution in [2.75, 3.05) is 26.3 Å². The fraction of sp³-hybridized carbons (Fsp3) is 0.385. The van der Waals surface area contributed by atoms with Crippen LogP contribution in [0, 0.1) is 0 Å². The number of benzene rings is 1. The molecule has 108 valence electrons. The smallest absolute Gasteiger partial charge is 0.237 e. The van der Waals surface area contributed by atoms with Crippen molar-refractivity contribution in [1.82, 2.24) is 4.90 Å². The van der Waals surface area contributed by atoms with Crippen molar-refractivity contribution < 1.29 is 14.3 Å². The van der Waals surface area contributed by atoms with Crippen LogP contribution in [0.4, 0.5) is 0 Å². The molecular formula is C13H14Cl2N2O3. The lowest BCUT2D eigenvalue weighted by Gasteiger charge is -2.32. The van der Waals surface area contributed by atoms with Crippen molar-refractivity contribution in [3.05, 3.63) is 33.8 Å². The van der Waals surface area contributed by atoms with Gasteiger partial charge in [-0.15, -0.1) is 0 Å². The normalized spacial score (nSPS) is 19.8. The third kappa shape index (κ3) is 3.49. The van der Waals surface area contributed by atoms with Gasteiger partial charge in [0, 0.05) is 12.1 Å². The highest BCUT2D eigenvalue weighted by atomic mass is 35.5. The van der Waals surface area contributed by atoms with Crippen LogP contribution in [0.5, 0.6) is 0 Å². The molecule has 1 aliphatic heterocycles. The van der Waals surface area contributed by atoms with Crippen molar-refractivity contribution in [2.24, 2.45) is 5.73 Å². The number of nitrogens with two attached hydrogens (primary N) is 1. The highest BCUT2D eigenvalue weighted by Gasteiger charge is 2.29. The highest BCUT2D eigenvalue weighted by Crippen LogP contribution is 2.23. The number of primary amides is 1. The van der Waals surface area contributed by atoms with Crippen LogP contribution in [0.25, 0.3) is 0 Å². The Kier molecular flexibility index (Phi) is 4.99. The molecule has 20 heavy (non-hydrogen) atoms. The van der Waals surface area contributed by atoms with E-state index < -0.39 is 11.9 Å². The molecule has 1 aliphatic rings. The van der Waals surface area contributed by atoms with Gasteiger partial charge in [0.05, 0.1) is 29.8 Å². The molecule has 1 aromatic rings.